The first-order valence-corrected chi connectivity index (χ1v) is 10.3. The summed E-state index contributed by atoms with van der Waals surface area (Å²) in [6.07, 6.45) is 2.07. The first-order valence-electron chi connectivity index (χ1n) is 7.94. The molecule has 0 radical (unpaired) electrons. The van der Waals surface area contributed by atoms with Crippen molar-refractivity contribution in [1.29, 1.82) is 0 Å². The lowest BCUT2D eigenvalue weighted by molar-refractivity contribution is 0.411. The van der Waals surface area contributed by atoms with E-state index in [9.17, 15) is 4.79 Å². The monoisotopic (exact) mass is 372 g/mol. The van der Waals surface area contributed by atoms with Gasteiger partial charge in [-0.25, -0.2) is 4.98 Å². The first kappa shape index (κ1) is 17.9. The van der Waals surface area contributed by atoms with E-state index < -0.39 is 0 Å². The molecule has 0 aliphatic heterocycles. The number of thioether (sulfide) groups is 2. The molecular weight excluding hydrogens is 352 g/mol. The summed E-state index contributed by atoms with van der Waals surface area (Å²) < 4.78 is 7.18. The van der Waals surface area contributed by atoms with E-state index in [-0.39, 0.29) is 5.56 Å². The van der Waals surface area contributed by atoms with Crippen LogP contribution in [0.2, 0.25) is 0 Å². The summed E-state index contributed by atoms with van der Waals surface area (Å²) in [4.78, 5) is 18.0. The van der Waals surface area contributed by atoms with Crippen LogP contribution in [0.5, 0.6) is 5.75 Å². The number of benzene rings is 2. The topological polar surface area (TPSA) is 44.1 Å². The van der Waals surface area contributed by atoms with Crippen LogP contribution in [0, 0.1) is 6.92 Å². The number of ether oxygens (including phenoxy) is 1. The fourth-order valence-corrected chi connectivity index (χ4v) is 4.27. The van der Waals surface area contributed by atoms with Gasteiger partial charge in [0.15, 0.2) is 5.16 Å². The lowest BCUT2D eigenvalue weighted by Crippen LogP contribution is -2.22. The summed E-state index contributed by atoms with van der Waals surface area (Å²) in [5.74, 6) is 2.55. The molecule has 0 atom stereocenters. The van der Waals surface area contributed by atoms with Gasteiger partial charge in [0, 0.05) is 11.5 Å². The van der Waals surface area contributed by atoms with Gasteiger partial charge in [0.25, 0.3) is 5.56 Å². The molecule has 3 aromatic rings. The third kappa shape index (κ3) is 3.70. The number of fused-ring (bicyclic) bond motifs is 1. The van der Waals surface area contributed by atoms with Gasteiger partial charge in [-0.15, -0.1) is 0 Å². The van der Waals surface area contributed by atoms with Crippen LogP contribution in [0.15, 0.2) is 52.4 Å². The van der Waals surface area contributed by atoms with Crippen molar-refractivity contribution < 1.29 is 4.74 Å². The molecule has 0 bridgehead atoms. The van der Waals surface area contributed by atoms with E-state index in [0.717, 1.165) is 28.3 Å². The molecule has 1 aromatic heterocycles. The zero-order valence-electron chi connectivity index (χ0n) is 14.5. The number of aryl methyl sites for hydroxylation is 1. The van der Waals surface area contributed by atoms with Gasteiger partial charge in [-0.3, -0.25) is 9.36 Å². The minimum absolute atomic E-state index is 0.0684. The van der Waals surface area contributed by atoms with Gasteiger partial charge in [0.2, 0.25) is 0 Å². The fourth-order valence-electron chi connectivity index (χ4n) is 2.61. The molecule has 0 unspecified atom stereocenters. The minimum atomic E-state index is -0.0684. The quantitative estimate of drug-likeness (QED) is 0.369. The highest BCUT2D eigenvalue weighted by Crippen LogP contribution is 2.28. The van der Waals surface area contributed by atoms with Gasteiger partial charge < -0.3 is 4.74 Å². The zero-order valence-corrected chi connectivity index (χ0v) is 16.1. The standard InChI is InChI=1S/C19H20N2O2S2/c1-13-8-9-17(23-2)16(12-13)21-18(22)14-6-4-5-7-15(14)20-19(21)25-11-10-24-3/h4-9,12H,10-11H2,1-3H3. The molecule has 0 aliphatic rings. The predicted molar refractivity (Wildman–Crippen MR) is 108 cm³/mol. The zero-order chi connectivity index (χ0) is 17.8. The normalized spacial score (nSPS) is 11.0. The molecule has 0 N–H and O–H groups in total. The largest absolute Gasteiger partial charge is 0.495 e. The van der Waals surface area contributed by atoms with Crippen molar-refractivity contribution in [3.05, 3.63) is 58.4 Å². The molecule has 0 fully saturated rings. The Kier molecular flexibility index (Phi) is 5.71. The smallest absolute Gasteiger partial charge is 0.266 e. The van der Waals surface area contributed by atoms with Crippen LogP contribution in [0.4, 0.5) is 0 Å². The number of methoxy groups -OCH3 is 1. The van der Waals surface area contributed by atoms with Crippen LogP contribution in [-0.2, 0) is 0 Å². The lowest BCUT2D eigenvalue weighted by atomic mass is 10.2. The third-order valence-corrected chi connectivity index (χ3v) is 5.65. The summed E-state index contributed by atoms with van der Waals surface area (Å²) >= 11 is 3.38. The molecule has 25 heavy (non-hydrogen) atoms. The Morgan fingerprint density at radius 2 is 1.96 bits per heavy atom. The lowest BCUT2D eigenvalue weighted by Gasteiger charge is -2.16. The highest BCUT2D eigenvalue weighted by Gasteiger charge is 2.16. The second-order valence-electron chi connectivity index (χ2n) is 5.57. The fraction of sp³-hybridized carbons (Fsp3) is 0.263. The van der Waals surface area contributed by atoms with Crippen LogP contribution in [0.3, 0.4) is 0 Å². The Morgan fingerprint density at radius 1 is 1.16 bits per heavy atom. The van der Waals surface area contributed by atoms with Crippen LogP contribution in [-0.4, -0.2) is 34.4 Å². The van der Waals surface area contributed by atoms with Gasteiger partial charge in [-0.05, 0) is 43.0 Å². The number of hydrogen-bond donors (Lipinski definition) is 0. The number of hydrogen-bond acceptors (Lipinski definition) is 5. The number of nitrogens with zero attached hydrogens (tertiary/aromatic N) is 2. The van der Waals surface area contributed by atoms with Gasteiger partial charge in [-0.2, -0.15) is 11.8 Å². The molecule has 3 rings (SSSR count). The predicted octanol–water partition coefficient (Wildman–Crippen LogP) is 4.16. The molecule has 2 aromatic carbocycles. The summed E-state index contributed by atoms with van der Waals surface area (Å²) in [7, 11) is 1.62. The summed E-state index contributed by atoms with van der Waals surface area (Å²) in [5, 5.41) is 1.31. The van der Waals surface area contributed by atoms with Crippen molar-refractivity contribution in [2.45, 2.75) is 12.1 Å². The minimum Gasteiger partial charge on any atom is -0.495 e. The molecule has 0 saturated carbocycles. The summed E-state index contributed by atoms with van der Waals surface area (Å²) in [6.45, 7) is 2.00. The van der Waals surface area contributed by atoms with Gasteiger partial charge in [0.05, 0.1) is 23.7 Å². The maximum atomic E-state index is 13.2. The molecule has 0 amide bonds. The average molecular weight is 373 g/mol. The Bertz CT molecular complexity index is 954. The highest BCUT2D eigenvalue weighted by molar-refractivity contribution is 8.02. The molecule has 0 saturated heterocycles. The molecule has 0 aliphatic carbocycles. The Labute approximate surface area is 155 Å². The van der Waals surface area contributed by atoms with Crippen molar-refractivity contribution >= 4 is 34.4 Å². The molecule has 4 nitrogen and oxygen atoms in total. The van der Waals surface area contributed by atoms with E-state index in [2.05, 4.69) is 6.26 Å². The van der Waals surface area contributed by atoms with Crippen molar-refractivity contribution in [2.75, 3.05) is 24.9 Å². The molecule has 0 spiro atoms. The maximum Gasteiger partial charge on any atom is 0.266 e. The Morgan fingerprint density at radius 3 is 2.72 bits per heavy atom. The van der Waals surface area contributed by atoms with Crippen molar-refractivity contribution in [1.82, 2.24) is 9.55 Å². The van der Waals surface area contributed by atoms with Crippen LogP contribution >= 0.6 is 23.5 Å². The number of rotatable bonds is 6. The third-order valence-electron chi connectivity index (χ3n) is 3.84. The molecule has 6 heteroatoms. The van der Waals surface area contributed by atoms with Crippen LogP contribution in [0.1, 0.15) is 5.56 Å². The second kappa shape index (κ2) is 7.97. The van der Waals surface area contributed by atoms with E-state index in [1.165, 1.54) is 0 Å². The SMILES string of the molecule is COc1ccc(C)cc1-n1c(SCCSC)nc2ccccc2c1=O. The van der Waals surface area contributed by atoms with E-state index in [1.54, 1.807) is 35.2 Å². The van der Waals surface area contributed by atoms with Crippen LogP contribution < -0.4 is 10.3 Å². The van der Waals surface area contributed by atoms with Crippen molar-refractivity contribution in [3.63, 3.8) is 0 Å². The molecular formula is C19H20N2O2S2. The number of aromatic nitrogens is 2. The molecule has 130 valence electrons. The van der Waals surface area contributed by atoms with Gasteiger partial charge >= 0.3 is 0 Å². The molecule has 1 heterocycles. The maximum absolute atomic E-state index is 13.2. The Hall–Kier alpha value is -1.92. The van der Waals surface area contributed by atoms with Crippen molar-refractivity contribution in [2.24, 2.45) is 0 Å². The first-order chi connectivity index (χ1) is 12.2. The summed E-state index contributed by atoms with van der Waals surface area (Å²) in [6, 6.07) is 13.3. The van der Waals surface area contributed by atoms with Crippen molar-refractivity contribution in [3.8, 4) is 11.4 Å². The summed E-state index contributed by atoms with van der Waals surface area (Å²) in [5.41, 5.74) is 2.46. The average Bonchev–Trinajstić information content (AvgIpc) is 2.62. The highest BCUT2D eigenvalue weighted by atomic mass is 32.2. The van der Waals surface area contributed by atoms with Gasteiger partial charge in [0.1, 0.15) is 5.75 Å². The van der Waals surface area contributed by atoms with E-state index >= 15 is 0 Å². The number of para-hydroxylation sites is 1. The van der Waals surface area contributed by atoms with E-state index in [4.69, 9.17) is 9.72 Å². The van der Waals surface area contributed by atoms with E-state index in [1.807, 2.05) is 49.4 Å². The van der Waals surface area contributed by atoms with E-state index in [0.29, 0.717) is 16.3 Å². The Balaban J connectivity index is 2.28. The van der Waals surface area contributed by atoms with Crippen LogP contribution in [0.25, 0.3) is 16.6 Å². The second-order valence-corrected chi connectivity index (χ2v) is 7.62. The van der Waals surface area contributed by atoms with Gasteiger partial charge in [-0.1, -0.05) is 30.0 Å².